The molecule has 0 unspecified atom stereocenters. The van der Waals surface area contributed by atoms with Crippen molar-refractivity contribution in [3.05, 3.63) is 29.8 Å². The summed E-state index contributed by atoms with van der Waals surface area (Å²) in [6.45, 7) is 3.56. The molecule has 1 aromatic rings. The number of nitrogens with zero attached hydrogens (tertiary/aromatic N) is 2. The third-order valence-corrected chi connectivity index (χ3v) is 5.29. The molecule has 2 fully saturated rings. The number of rotatable bonds is 5. The molecule has 0 radical (unpaired) electrons. The normalized spacial score (nSPS) is 19.7. The maximum absolute atomic E-state index is 12.9. The van der Waals surface area contributed by atoms with Crippen LogP contribution >= 0.6 is 0 Å². The molecule has 1 heterocycles. The molecule has 1 aromatic carbocycles. The molecule has 1 saturated heterocycles. The van der Waals surface area contributed by atoms with E-state index in [9.17, 15) is 18.0 Å². The van der Waals surface area contributed by atoms with Crippen molar-refractivity contribution in [3.8, 4) is 0 Å². The highest BCUT2D eigenvalue weighted by atomic mass is 19.4. The Morgan fingerprint density at radius 1 is 1.12 bits per heavy atom. The molecule has 144 valence electrons. The number of benzene rings is 1. The molecule has 0 aromatic heterocycles. The van der Waals surface area contributed by atoms with Crippen molar-refractivity contribution < 1.29 is 18.0 Å². The van der Waals surface area contributed by atoms with Crippen LogP contribution in [0.5, 0.6) is 0 Å². The Morgan fingerprint density at radius 2 is 1.81 bits per heavy atom. The van der Waals surface area contributed by atoms with Crippen LogP contribution in [0.4, 0.5) is 18.9 Å². The van der Waals surface area contributed by atoms with Gasteiger partial charge in [0.05, 0.1) is 5.56 Å². The number of alkyl halides is 3. The lowest BCUT2D eigenvalue weighted by Gasteiger charge is -2.36. The average molecular weight is 369 g/mol. The first-order valence-corrected chi connectivity index (χ1v) is 9.36. The molecular weight excluding hydrogens is 343 g/mol. The van der Waals surface area contributed by atoms with Crippen molar-refractivity contribution in [1.29, 1.82) is 0 Å². The average Bonchev–Trinajstić information content (AvgIpc) is 3.13. The monoisotopic (exact) mass is 369 g/mol. The summed E-state index contributed by atoms with van der Waals surface area (Å²) in [7, 11) is 0. The molecule has 1 aliphatic heterocycles. The van der Waals surface area contributed by atoms with E-state index in [1.165, 1.54) is 25.0 Å². The zero-order valence-corrected chi connectivity index (χ0v) is 14.9. The molecule has 0 spiro atoms. The predicted octanol–water partition coefficient (Wildman–Crippen LogP) is 3.28. The molecule has 2 aliphatic rings. The zero-order valence-electron chi connectivity index (χ0n) is 14.9. The molecule has 7 heteroatoms. The Labute approximate surface area is 152 Å². The van der Waals surface area contributed by atoms with Gasteiger partial charge in [-0.25, -0.2) is 0 Å². The van der Waals surface area contributed by atoms with E-state index in [-0.39, 0.29) is 5.91 Å². The zero-order chi connectivity index (χ0) is 18.6. The summed E-state index contributed by atoms with van der Waals surface area (Å²) in [5.74, 6) is 0.109. The van der Waals surface area contributed by atoms with E-state index in [4.69, 9.17) is 0 Å². The third-order valence-electron chi connectivity index (χ3n) is 5.29. The summed E-state index contributed by atoms with van der Waals surface area (Å²) in [6, 6.07) is 5.84. The highest BCUT2D eigenvalue weighted by Gasteiger charge is 2.31. The summed E-state index contributed by atoms with van der Waals surface area (Å²) in [6.07, 6.45) is 0.734. The van der Waals surface area contributed by atoms with E-state index in [1.807, 2.05) is 4.90 Å². The quantitative estimate of drug-likeness (QED) is 0.865. The van der Waals surface area contributed by atoms with E-state index < -0.39 is 11.7 Å². The van der Waals surface area contributed by atoms with Gasteiger partial charge in [0.25, 0.3) is 0 Å². The van der Waals surface area contributed by atoms with Crippen LogP contribution < -0.4 is 10.2 Å². The highest BCUT2D eigenvalue weighted by Crippen LogP contribution is 2.31. The summed E-state index contributed by atoms with van der Waals surface area (Å²) in [4.78, 5) is 16.2. The van der Waals surface area contributed by atoms with E-state index in [1.54, 1.807) is 6.07 Å². The molecule has 0 atom stereocenters. The van der Waals surface area contributed by atoms with Gasteiger partial charge in [-0.2, -0.15) is 13.2 Å². The van der Waals surface area contributed by atoms with Gasteiger partial charge in [-0.05, 0) is 31.0 Å². The number of piperazine rings is 1. The van der Waals surface area contributed by atoms with Gasteiger partial charge in [0.2, 0.25) is 5.91 Å². The van der Waals surface area contributed by atoms with Gasteiger partial charge >= 0.3 is 6.18 Å². The number of halogens is 3. The van der Waals surface area contributed by atoms with E-state index in [0.717, 1.165) is 32.0 Å². The molecule has 3 rings (SSSR count). The summed E-state index contributed by atoms with van der Waals surface area (Å²) >= 11 is 0. The minimum absolute atomic E-state index is 0.109. The molecule has 1 saturated carbocycles. The Kier molecular flexibility index (Phi) is 6.06. The van der Waals surface area contributed by atoms with Crippen molar-refractivity contribution in [1.82, 2.24) is 10.2 Å². The van der Waals surface area contributed by atoms with Crippen molar-refractivity contribution >= 4 is 11.6 Å². The number of carbonyl (C=O) groups excluding carboxylic acids is 1. The number of hydrogen-bond acceptors (Lipinski definition) is 3. The Hall–Kier alpha value is -1.76. The molecule has 4 nitrogen and oxygen atoms in total. The maximum Gasteiger partial charge on any atom is 0.416 e. The Bertz CT molecular complexity index is 606. The first kappa shape index (κ1) is 19.0. The lowest BCUT2D eigenvalue weighted by molar-refractivity contribution is -0.137. The minimum atomic E-state index is -4.31. The van der Waals surface area contributed by atoms with Crippen LogP contribution in [0.15, 0.2) is 24.3 Å². The van der Waals surface area contributed by atoms with E-state index in [0.29, 0.717) is 37.8 Å². The SMILES string of the molecule is O=C(CCN1CCN(c2cccc(C(F)(F)F)c2)CC1)NC1CCCC1. The number of nitrogens with one attached hydrogen (secondary N) is 1. The summed E-state index contributed by atoms with van der Waals surface area (Å²) in [5.41, 5.74) is -0.000496. The van der Waals surface area contributed by atoms with Crippen LogP contribution in [0.25, 0.3) is 0 Å². The molecule has 26 heavy (non-hydrogen) atoms. The molecular formula is C19H26F3N3O. The first-order valence-electron chi connectivity index (χ1n) is 9.36. The second kappa shape index (κ2) is 8.29. The lowest BCUT2D eigenvalue weighted by atomic mass is 10.1. The van der Waals surface area contributed by atoms with Crippen LogP contribution in [0.2, 0.25) is 0 Å². The third kappa shape index (κ3) is 5.13. The number of anilines is 1. The fourth-order valence-electron chi connectivity index (χ4n) is 3.74. The Balaban J connectivity index is 1.43. The second-order valence-electron chi connectivity index (χ2n) is 7.18. The van der Waals surface area contributed by atoms with Crippen LogP contribution in [0.1, 0.15) is 37.7 Å². The predicted molar refractivity (Wildman–Crippen MR) is 95.1 cm³/mol. The van der Waals surface area contributed by atoms with Gasteiger partial charge in [0.1, 0.15) is 0 Å². The topological polar surface area (TPSA) is 35.6 Å². The van der Waals surface area contributed by atoms with Gasteiger partial charge in [-0.1, -0.05) is 18.9 Å². The molecule has 1 amide bonds. The van der Waals surface area contributed by atoms with Gasteiger partial charge < -0.3 is 10.2 Å². The first-order chi connectivity index (χ1) is 12.4. The maximum atomic E-state index is 12.9. The largest absolute Gasteiger partial charge is 0.416 e. The van der Waals surface area contributed by atoms with E-state index >= 15 is 0 Å². The molecule has 0 bridgehead atoms. The summed E-state index contributed by atoms with van der Waals surface area (Å²) in [5, 5.41) is 3.09. The molecule has 1 N–H and O–H groups in total. The number of amides is 1. The number of hydrogen-bond donors (Lipinski definition) is 1. The van der Waals surface area contributed by atoms with Gasteiger partial charge in [0.15, 0.2) is 0 Å². The molecule has 1 aliphatic carbocycles. The number of carbonyl (C=O) groups is 1. The minimum Gasteiger partial charge on any atom is -0.369 e. The van der Waals surface area contributed by atoms with Crippen LogP contribution in [0, 0.1) is 0 Å². The fourth-order valence-corrected chi connectivity index (χ4v) is 3.74. The van der Waals surface area contributed by atoms with Crippen LogP contribution in [-0.2, 0) is 11.0 Å². The van der Waals surface area contributed by atoms with Crippen molar-refractivity contribution in [2.45, 2.75) is 44.3 Å². The summed E-state index contributed by atoms with van der Waals surface area (Å²) < 4.78 is 38.6. The Morgan fingerprint density at radius 3 is 2.46 bits per heavy atom. The standard InChI is InChI=1S/C19H26F3N3O/c20-19(21,22)15-4-3-7-17(14-15)25-12-10-24(11-13-25)9-8-18(26)23-16-5-1-2-6-16/h3-4,7,14,16H,1-2,5-6,8-13H2,(H,23,26). The van der Waals surface area contributed by atoms with Crippen molar-refractivity contribution in [2.75, 3.05) is 37.6 Å². The van der Waals surface area contributed by atoms with Crippen molar-refractivity contribution in [3.63, 3.8) is 0 Å². The highest BCUT2D eigenvalue weighted by molar-refractivity contribution is 5.76. The van der Waals surface area contributed by atoms with Gasteiger partial charge in [-0.15, -0.1) is 0 Å². The smallest absolute Gasteiger partial charge is 0.369 e. The lowest BCUT2D eigenvalue weighted by Crippen LogP contribution is -2.47. The van der Waals surface area contributed by atoms with Crippen LogP contribution in [-0.4, -0.2) is 49.6 Å². The fraction of sp³-hybridized carbons (Fsp3) is 0.632. The van der Waals surface area contributed by atoms with Crippen molar-refractivity contribution in [2.24, 2.45) is 0 Å². The van der Waals surface area contributed by atoms with Crippen LogP contribution in [0.3, 0.4) is 0 Å². The second-order valence-corrected chi connectivity index (χ2v) is 7.18. The van der Waals surface area contributed by atoms with Gasteiger partial charge in [0, 0.05) is 50.9 Å². The van der Waals surface area contributed by atoms with E-state index in [2.05, 4.69) is 10.2 Å². The van der Waals surface area contributed by atoms with Gasteiger partial charge in [-0.3, -0.25) is 9.69 Å².